The van der Waals surface area contributed by atoms with Gasteiger partial charge in [0, 0.05) is 11.4 Å². The van der Waals surface area contributed by atoms with Gasteiger partial charge < -0.3 is 10.1 Å². The predicted molar refractivity (Wildman–Crippen MR) is 80.6 cm³/mol. The number of rotatable bonds is 4. The van der Waals surface area contributed by atoms with Crippen LogP contribution in [0.25, 0.3) is 0 Å². The molecule has 1 fully saturated rings. The number of benzene rings is 1. The maximum atomic E-state index is 12.1. The summed E-state index contributed by atoms with van der Waals surface area (Å²) < 4.78 is 5.90. The summed E-state index contributed by atoms with van der Waals surface area (Å²) in [5.41, 5.74) is 2.06. The van der Waals surface area contributed by atoms with Gasteiger partial charge in [0.15, 0.2) is 0 Å². The molecule has 1 aromatic carbocycles. The Morgan fingerprint density at radius 3 is 2.62 bits per heavy atom. The van der Waals surface area contributed by atoms with Crippen LogP contribution in [0, 0.1) is 6.92 Å². The fourth-order valence-electron chi connectivity index (χ4n) is 2.59. The van der Waals surface area contributed by atoms with Gasteiger partial charge in [-0.15, -0.1) is 0 Å². The molecule has 0 bridgehead atoms. The molecule has 0 spiro atoms. The number of carbonyl (C=O) groups is 1. The molecule has 1 aliphatic rings. The van der Waals surface area contributed by atoms with Gasteiger partial charge in [0.05, 0.1) is 17.9 Å². The number of aryl methyl sites for hydroxylation is 1. The lowest BCUT2D eigenvalue weighted by Crippen LogP contribution is -2.13. The molecule has 0 aliphatic heterocycles. The molecule has 0 atom stereocenters. The van der Waals surface area contributed by atoms with Crippen LogP contribution < -0.4 is 10.1 Å². The second-order valence-electron chi connectivity index (χ2n) is 5.41. The smallest absolute Gasteiger partial charge is 0.259 e. The lowest BCUT2D eigenvalue weighted by molar-refractivity contribution is 0.102. The predicted octanol–water partition coefficient (Wildman–Crippen LogP) is 3.29. The summed E-state index contributed by atoms with van der Waals surface area (Å²) in [6.07, 6.45) is 6.66. The van der Waals surface area contributed by atoms with Gasteiger partial charge in [-0.25, -0.2) is 0 Å². The summed E-state index contributed by atoms with van der Waals surface area (Å²) in [5, 5.41) is 9.46. The van der Waals surface area contributed by atoms with Gasteiger partial charge in [0.1, 0.15) is 5.75 Å². The lowest BCUT2D eigenvalue weighted by atomic mass is 10.2. The zero-order valence-corrected chi connectivity index (χ0v) is 12.1. The van der Waals surface area contributed by atoms with Crippen LogP contribution in [0.1, 0.15) is 41.7 Å². The van der Waals surface area contributed by atoms with E-state index in [-0.39, 0.29) is 5.91 Å². The van der Waals surface area contributed by atoms with Crippen LogP contribution in [0.15, 0.2) is 30.5 Å². The van der Waals surface area contributed by atoms with Crippen LogP contribution in [-0.2, 0) is 0 Å². The first-order chi connectivity index (χ1) is 10.2. The quantitative estimate of drug-likeness (QED) is 0.905. The van der Waals surface area contributed by atoms with E-state index in [4.69, 9.17) is 4.74 Å². The van der Waals surface area contributed by atoms with Crippen molar-refractivity contribution in [3.05, 3.63) is 41.7 Å². The molecular formula is C16H19N3O2. The van der Waals surface area contributed by atoms with Crippen molar-refractivity contribution in [1.29, 1.82) is 0 Å². The zero-order chi connectivity index (χ0) is 14.7. The summed E-state index contributed by atoms with van der Waals surface area (Å²) in [6, 6.07) is 7.52. The number of amides is 1. The third kappa shape index (κ3) is 3.24. The number of aromatic nitrogens is 2. The third-order valence-corrected chi connectivity index (χ3v) is 3.79. The van der Waals surface area contributed by atoms with Crippen LogP contribution in [0.5, 0.6) is 5.75 Å². The van der Waals surface area contributed by atoms with Crippen molar-refractivity contribution < 1.29 is 9.53 Å². The second-order valence-corrected chi connectivity index (χ2v) is 5.41. The standard InChI is InChI=1S/C16H19N3O2/c1-11-15(10-17-19-11)16(20)18-12-6-8-14(9-7-12)21-13-4-2-3-5-13/h6-10,13H,2-5H2,1H3,(H,17,19)(H,18,20). The molecule has 0 radical (unpaired) electrons. The minimum atomic E-state index is -0.161. The van der Waals surface area contributed by atoms with Crippen molar-refractivity contribution in [2.45, 2.75) is 38.7 Å². The lowest BCUT2D eigenvalue weighted by Gasteiger charge is -2.13. The molecule has 2 aromatic rings. The van der Waals surface area contributed by atoms with Crippen LogP contribution in [-0.4, -0.2) is 22.2 Å². The fraction of sp³-hybridized carbons (Fsp3) is 0.375. The fourth-order valence-corrected chi connectivity index (χ4v) is 2.59. The molecule has 21 heavy (non-hydrogen) atoms. The minimum Gasteiger partial charge on any atom is -0.490 e. The molecule has 0 unspecified atom stereocenters. The van der Waals surface area contributed by atoms with Crippen LogP contribution in [0.3, 0.4) is 0 Å². The highest BCUT2D eigenvalue weighted by atomic mass is 16.5. The number of hydrogen-bond donors (Lipinski definition) is 2. The maximum Gasteiger partial charge on any atom is 0.259 e. The van der Waals surface area contributed by atoms with Gasteiger partial charge in [-0.3, -0.25) is 9.89 Å². The Labute approximate surface area is 123 Å². The van der Waals surface area contributed by atoms with Crippen molar-refractivity contribution in [1.82, 2.24) is 10.2 Å². The number of aromatic amines is 1. The summed E-state index contributed by atoms with van der Waals surface area (Å²) in [4.78, 5) is 12.1. The average Bonchev–Trinajstić information content (AvgIpc) is 3.12. The molecule has 5 nitrogen and oxygen atoms in total. The molecular weight excluding hydrogens is 266 g/mol. The number of carbonyl (C=O) groups excluding carboxylic acids is 1. The largest absolute Gasteiger partial charge is 0.490 e. The normalized spacial score (nSPS) is 15.1. The Hall–Kier alpha value is -2.30. The Kier molecular flexibility index (Phi) is 3.90. The van der Waals surface area contributed by atoms with Gasteiger partial charge in [-0.1, -0.05) is 0 Å². The van der Waals surface area contributed by atoms with Crippen LogP contribution in [0.2, 0.25) is 0 Å². The SMILES string of the molecule is Cc1[nH]ncc1C(=O)Nc1ccc(OC2CCCC2)cc1. The number of nitrogens with zero attached hydrogens (tertiary/aromatic N) is 1. The first-order valence-corrected chi connectivity index (χ1v) is 7.30. The Morgan fingerprint density at radius 1 is 1.29 bits per heavy atom. The Bertz CT molecular complexity index is 613. The Morgan fingerprint density at radius 2 is 2.00 bits per heavy atom. The maximum absolute atomic E-state index is 12.1. The van der Waals surface area contributed by atoms with E-state index in [9.17, 15) is 4.79 Å². The van der Waals surface area contributed by atoms with Crippen LogP contribution in [0.4, 0.5) is 5.69 Å². The van der Waals surface area contributed by atoms with E-state index in [1.165, 1.54) is 19.0 Å². The van der Waals surface area contributed by atoms with Gasteiger partial charge in [-0.05, 0) is 56.9 Å². The molecule has 1 aromatic heterocycles. The molecule has 1 heterocycles. The zero-order valence-electron chi connectivity index (χ0n) is 12.1. The second kappa shape index (κ2) is 5.99. The van der Waals surface area contributed by atoms with E-state index < -0.39 is 0 Å². The molecule has 0 saturated heterocycles. The van der Waals surface area contributed by atoms with Gasteiger partial charge in [0.25, 0.3) is 5.91 Å². The molecule has 1 aliphatic carbocycles. The first kappa shape index (κ1) is 13.7. The van der Waals surface area contributed by atoms with E-state index in [1.54, 1.807) is 0 Å². The number of H-pyrrole nitrogens is 1. The summed E-state index contributed by atoms with van der Waals surface area (Å²) in [5.74, 6) is 0.699. The molecule has 2 N–H and O–H groups in total. The average molecular weight is 285 g/mol. The molecule has 5 heteroatoms. The van der Waals surface area contributed by atoms with Gasteiger partial charge in [-0.2, -0.15) is 5.10 Å². The molecule has 1 saturated carbocycles. The number of ether oxygens (including phenoxy) is 1. The summed E-state index contributed by atoms with van der Waals surface area (Å²) in [6.45, 7) is 1.82. The van der Waals surface area contributed by atoms with E-state index >= 15 is 0 Å². The summed E-state index contributed by atoms with van der Waals surface area (Å²) in [7, 11) is 0. The molecule has 110 valence electrons. The monoisotopic (exact) mass is 285 g/mol. The highest BCUT2D eigenvalue weighted by Gasteiger charge is 2.16. The van der Waals surface area contributed by atoms with Crippen molar-refractivity contribution in [2.24, 2.45) is 0 Å². The van der Waals surface area contributed by atoms with Gasteiger partial charge >= 0.3 is 0 Å². The first-order valence-electron chi connectivity index (χ1n) is 7.30. The van der Waals surface area contributed by atoms with E-state index in [0.29, 0.717) is 11.7 Å². The van der Waals surface area contributed by atoms with E-state index in [1.807, 2.05) is 31.2 Å². The molecule has 3 rings (SSSR count). The number of anilines is 1. The van der Waals surface area contributed by atoms with E-state index in [0.717, 1.165) is 30.0 Å². The van der Waals surface area contributed by atoms with Crippen molar-refractivity contribution >= 4 is 11.6 Å². The molecule has 1 amide bonds. The highest BCUT2D eigenvalue weighted by molar-refractivity contribution is 6.04. The van der Waals surface area contributed by atoms with Crippen LogP contribution >= 0.6 is 0 Å². The number of nitrogens with one attached hydrogen (secondary N) is 2. The highest BCUT2D eigenvalue weighted by Crippen LogP contribution is 2.25. The van der Waals surface area contributed by atoms with Gasteiger partial charge in [0.2, 0.25) is 0 Å². The third-order valence-electron chi connectivity index (χ3n) is 3.79. The number of hydrogen-bond acceptors (Lipinski definition) is 3. The minimum absolute atomic E-state index is 0.161. The van der Waals surface area contributed by atoms with E-state index in [2.05, 4.69) is 15.5 Å². The van der Waals surface area contributed by atoms with Crippen molar-refractivity contribution in [3.63, 3.8) is 0 Å². The Balaban J connectivity index is 1.61. The summed E-state index contributed by atoms with van der Waals surface area (Å²) >= 11 is 0. The van der Waals surface area contributed by atoms with Crippen molar-refractivity contribution in [3.8, 4) is 5.75 Å². The topological polar surface area (TPSA) is 67.0 Å². The van der Waals surface area contributed by atoms with Crippen molar-refractivity contribution in [2.75, 3.05) is 5.32 Å².